The van der Waals surface area contributed by atoms with Crippen molar-refractivity contribution in [3.05, 3.63) is 47.5 Å². The van der Waals surface area contributed by atoms with Gasteiger partial charge < -0.3 is 14.2 Å². The monoisotopic (exact) mass is 479 g/mol. The van der Waals surface area contributed by atoms with E-state index in [9.17, 15) is 17.6 Å². The molecular formula is C24H34FN3O4S. The molecular weight excluding hydrogens is 445 g/mol. The summed E-state index contributed by atoms with van der Waals surface area (Å²) in [6.07, 6.45) is 3.22. The van der Waals surface area contributed by atoms with Crippen molar-refractivity contribution in [2.24, 2.45) is 11.8 Å². The van der Waals surface area contributed by atoms with Gasteiger partial charge in [-0.15, -0.1) is 0 Å². The number of sulfone groups is 1. The largest absolute Gasteiger partial charge is 0.376 e. The zero-order valence-electron chi connectivity index (χ0n) is 19.8. The molecule has 3 rings (SSSR count). The second kappa shape index (κ2) is 10.8. The number of benzene rings is 1. The molecule has 182 valence electrons. The number of rotatable bonds is 10. The van der Waals surface area contributed by atoms with Crippen LogP contribution in [-0.4, -0.2) is 48.0 Å². The van der Waals surface area contributed by atoms with Crippen molar-refractivity contribution in [2.45, 2.75) is 70.6 Å². The highest BCUT2D eigenvalue weighted by Gasteiger charge is 2.29. The molecule has 1 aromatic heterocycles. The third kappa shape index (κ3) is 6.63. The van der Waals surface area contributed by atoms with Gasteiger partial charge in [-0.25, -0.2) is 17.8 Å². The number of aromatic nitrogens is 2. The third-order valence-corrected chi connectivity index (χ3v) is 7.20. The van der Waals surface area contributed by atoms with Crippen LogP contribution >= 0.6 is 0 Å². The summed E-state index contributed by atoms with van der Waals surface area (Å²) in [5, 5.41) is -0.0428. The summed E-state index contributed by atoms with van der Waals surface area (Å²) in [5.74, 6) is -0.581. The van der Waals surface area contributed by atoms with E-state index in [0.717, 1.165) is 12.8 Å². The summed E-state index contributed by atoms with van der Waals surface area (Å²) >= 11 is 0. The van der Waals surface area contributed by atoms with E-state index in [1.54, 1.807) is 15.7 Å². The Bertz CT molecular complexity index is 1040. The fraction of sp³-hybridized carbons (Fsp3) is 0.583. The Morgan fingerprint density at radius 3 is 2.52 bits per heavy atom. The molecule has 0 unspecified atom stereocenters. The van der Waals surface area contributed by atoms with Gasteiger partial charge in [-0.3, -0.25) is 4.79 Å². The van der Waals surface area contributed by atoms with Crippen molar-refractivity contribution < 1.29 is 22.3 Å². The SMILES string of the molecule is CC(C)CN(Cc1cnc(S(=O)(=O)Cc2ccc(F)cc2)n1C[C@@H]1CCCO1)C(=O)C(C)C. The van der Waals surface area contributed by atoms with E-state index in [0.29, 0.717) is 31.0 Å². The number of carbonyl (C=O) groups is 1. The fourth-order valence-corrected chi connectivity index (χ4v) is 5.55. The topological polar surface area (TPSA) is 81.5 Å². The molecule has 33 heavy (non-hydrogen) atoms. The van der Waals surface area contributed by atoms with E-state index in [1.165, 1.54) is 24.3 Å². The summed E-state index contributed by atoms with van der Waals surface area (Å²) in [6, 6.07) is 5.42. The Balaban J connectivity index is 1.95. The lowest BCUT2D eigenvalue weighted by Crippen LogP contribution is -2.37. The first-order chi connectivity index (χ1) is 15.6. The van der Waals surface area contributed by atoms with E-state index in [-0.39, 0.29) is 41.3 Å². The number of halogens is 1. The molecule has 0 N–H and O–H groups in total. The van der Waals surface area contributed by atoms with Crippen LogP contribution in [0, 0.1) is 17.7 Å². The van der Waals surface area contributed by atoms with Gasteiger partial charge in [-0.2, -0.15) is 0 Å². The van der Waals surface area contributed by atoms with Gasteiger partial charge in [0.15, 0.2) is 0 Å². The third-order valence-electron chi connectivity index (χ3n) is 5.60. The molecule has 9 heteroatoms. The Morgan fingerprint density at radius 1 is 1.24 bits per heavy atom. The van der Waals surface area contributed by atoms with Crippen LogP contribution in [0.2, 0.25) is 0 Å². The highest BCUT2D eigenvalue weighted by atomic mass is 32.2. The van der Waals surface area contributed by atoms with Crippen molar-refractivity contribution in [3.8, 4) is 0 Å². The minimum Gasteiger partial charge on any atom is -0.376 e. The summed E-state index contributed by atoms with van der Waals surface area (Å²) in [7, 11) is -3.80. The number of hydrogen-bond acceptors (Lipinski definition) is 5. The van der Waals surface area contributed by atoms with Crippen molar-refractivity contribution >= 4 is 15.7 Å². The van der Waals surface area contributed by atoms with Crippen LogP contribution in [0.15, 0.2) is 35.6 Å². The highest BCUT2D eigenvalue weighted by molar-refractivity contribution is 7.90. The van der Waals surface area contributed by atoms with Gasteiger partial charge in [0.1, 0.15) is 5.82 Å². The maximum Gasteiger partial charge on any atom is 0.228 e. The summed E-state index contributed by atoms with van der Waals surface area (Å²) in [6.45, 7) is 9.67. The van der Waals surface area contributed by atoms with Crippen molar-refractivity contribution in [1.82, 2.24) is 14.5 Å². The van der Waals surface area contributed by atoms with Gasteiger partial charge in [0.05, 0.1) is 36.8 Å². The van der Waals surface area contributed by atoms with E-state index in [2.05, 4.69) is 4.98 Å². The molecule has 1 aliphatic heterocycles. The number of amides is 1. The summed E-state index contributed by atoms with van der Waals surface area (Å²) < 4.78 is 47.3. The van der Waals surface area contributed by atoms with Crippen molar-refractivity contribution in [1.29, 1.82) is 0 Å². The fourth-order valence-electron chi connectivity index (χ4n) is 4.05. The van der Waals surface area contributed by atoms with E-state index >= 15 is 0 Å². The van der Waals surface area contributed by atoms with Crippen LogP contribution < -0.4 is 0 Å². The number of hydrogen-bond donors (Lipinski definition) is 0. The molecule has 0 spiro atoms. The molecule has 1 saturated heterocycles. The molecule has 1 atom stereocenters. The number of carbonyl (C=O) groups excluding carboxylic acids is 1. The average Bonchev–Trinajstić information content (AvgIpc) is 3.39. The average molecular weight is 480 g/mol. The smallest absolute Gasteiger partial charge is 0.228 e. The Hall–Kier alpha value is -2.26. The molecule has 1 amide bonds. The second-order valence-electron chi connectivity index (χ2n) is 9.43. The predicted molar refractivity (Wildman–Crippen MR) is 124 cm³/mol. The maximum atomic E-state index is 13.3. The van der Waals surface area contributed by atoms with Gasteiger partial charge in [0.25, 0.3) is 0 Å². The first-order valence-corrected chi connectivity index (χ1v) is 13.1. The normalized spacial score (nSPS) is 16.6. The van der Waals surface area contributed by atoms with Crippen LogP contribution in [0.1, 0.15) is 51.8 Å². The number of nitrogens with zero attached hydrogens (tertiary/aromatic N) is 3. The van der Waals surface area contributed by atoms with Crippen LogP contribution in [0.3, 0.4) is 0 Å². The number of ether oxygens (including phenoxy) is 1. The first kappa shape index (κ1) is 25.4. The van der Waals surface area contributed by atoms with Crippen LogP contribution in [-0.2, 0) is 38.2 Å². The molecule has 0 saturated carbocycles. The molecule has 0 bridgehead atoms. The molecule has 1 aromatic carbocycles. The van der Waals surface area contributed by atoms with Gasteiger partial charge in [-0.1, -0.05) is 39.8 Å². The lowest BCUT2D eigenvalue weighted by molar-refractivity contribution is -0.135. The molecule has 7 nitrogen and oxygen atoms in total. The lowest BCUT2D eigenvalue weighted by atomic mass is 10.1. The molecule has 1 fully saturated rings. The first-order valence-electron chi connectivity index (χ1n) is 11.5. The number of imidazole rings is 1. The standard InChI is InChI=1S/C24H34FN3O4S/c1-17(2)13-27(23(29)18(3)4)14-21-12-26-24(28(21)15-22-6-5-11-32-22)33(30,31)16-19-7-9-20(25)10-8-19/h7-10,12,17-18,22H,5-6,11,13-16H2,1-4H3/t22-/m0/s1. The van der Waals surface area contributed by atoms with Crippen molar-refractivity contribution in [2.75, 3.05) is 13.2 Å². The van der Waals surface area contributed by atoms with Crippen LogP contribution in [0.5, 0.6) is 0 Å². The van der Waals surface area contributed by atoms with Gasteiger partial charge in [-0.05, 0) is 36.5 Å². The van der Waals surface area contributed by atoms with E-state index in [1.807, 2.05) is 27.7 Å². The molecule has 2 heterocycles. The second-order valence-corrected chi connectivity index (χ2v) is 11.3. The Labute approximate surface area is 195 Å². The van der Waals surface area contributed by atoms with Crippen LogP contribution in [0.4, 0.5) is 4.39 Å². The van der Waals surface area contributed by atoms with E-state index in [4.69, 9.17) is 4.74 Å². The van der Waals surface area contributed by atoms with Crippen molar-refractivity contribution in [3.63, 3.8) is 0 Å². The summed E-state index contributed by atoms with van der Waals surface area (Å²) in [5.41, 5.74) is 1.15. The maximum absolute atomic E-state index is 13.3. The van der Waals surface area contributed by atoms with Crippen LogP contribution in [0.25, 0.3) is 0 Å². The minimum atomic E-state index is -3.80. The molecule has 0 aliphatic carbocycles. The highest BCUT2D eigenvalue weighted by Crippen LogP contribution is 2.23. The summed E-state index contributed by atoms with van der Waals surface area (Å²) in [4.78, 5) is 18.9. The Kier molecular flexibility index (Phi) is 8.28. The quantitative estimate of drug-likeness (QED) is 0.518. The Morgan fingerprint density at radius 2 is 1.94 bits per heavy atom. The lowest BCUT2D eigenvalue weighted by Gasteiger charge is -2.27. The molecule has 2 aromatic rings. The minimum absolute atomic E-state index is 0.0179. The van der Waals surface area contributed by atoms with Gasteiger partial charge in [0.2, 0.25) is 20.9 Å². The molecule has 1 aliphatic rings. The zero-order chi connectivity index (χ0) is 24.2. The molecule has 0 radical (unpaired) electrons. The predicted octanol–water partition coefficient (Wildman–Crippen LogP) is 3.82. The van der Waals surface area contributed by atoms with Gasteiger partial charge in [0, 0.05) is 19.1 Å². The van der Waals surface area contributed by atoms with E-state index < -0.39 is 15.7 Å². The van der Waals surface area contributed by atoms with Gasteiger partial charge >= 0.3 is 0 Å². The zero-order valence-corrected chi connectivity index (χ0v) is 20.6.